The minimum Gasteiger partial charge on any atom is -0.410 e. The molecule has 0 aromatic heterocycles. The van der Waals surface area contributed by atoms with E-state index in [-0.39, 0.29) is 12.1 Å². The lowest BCUT2D eigenvalue weighted by Crippen LogP contribution is -2.29. The molecule has 0 aliphatic carbocycles. The van der Waals surface area contributed by atoms with E-state index in [1.165, 1.54) is 4.90 Å². The van der Waals surface area contributed by atoms with Gasteiger partial charge in [0.2, 0.25) is 0 Å². The predicted molar refractivity (Wildman–Crippen MR) is 80.8 cm³/mol. The monoisotopic (exact) mass is 274 g/mol. The number of hydrogen-bond donors (Lipinski definition) is 0. The minimum atomic E-state index is -0.375. The summed E-state index contributed by atoms with van der Waals surface area (Å²) in [5.74, 6) is 3.27. The smallest absolute Gasteiger partial charge is 0.410 e. The zero-order valence-electron chi connectivity index (χ0n) is 12.6. The van der Waals surface area contributed by atoms with Crippen LogP contribution < -0.4 is 4.74 Å². The highest BCUT2D eigenvalue weighted by atomic mass is 16.6. The van der Waals surface area contributed by atoms with E-state index in [1.807, 2.05) is 32.2 Å². The van der Waals surface area contributed by atoms with E-state index in [4.69, 9.17) is 11.2 Å². The number of hydrogen-bond acceptors (Lipinski definition) is 3. The Morgan fingerprint density at radius 3 is 2.70 bits per heavy atom. The number of rotatable bonds is 5. The molecule has 1 amide bonds. The van der Waals surface area contributed by atoms with Gasteiger partial charge in [0.05, 0.1) is 6.04 Å². The van der Waals surface area contributed by atoms with Gasteiger partial charge in [-0.25, -0.2) is 4.79 Å². The molecule has 4 nitrogen and oxygen atoms in total. The molecule has 0 aliphatic rings. The molecule has 1 rings (SSSR count). The molecule has 0 fully saturated rings. The van der Waals surface area contributed by atoms with Crippen LogP contribution in [0.4, 0.5) is 4.79 Å². The summed E-state index contributed by atoms with van der Waals surface area (Å²) in [5, 5.41) is 0. The highest BCUT2D eigenvalue weighted by molar-refractivity contribution is 5.69. The SMILES string of the molecule is C#CC(C)N(C)CCc1cccc(OC(=O)N(C)C)c1. The first-order valence-electron chi connectivity index (χ1n) is 6.58. The minimum absolute atomic E-state index is 0.116. The first kappa shape index (κ1) is 16.1. The second-order valence-electron chi connectivity index (χ2n) is 4.98. The number of amides is 1. The Hall–Kier alpha value is -1.99. The topological polar surface area (TPSA) is 32.8 Å². The maximum Gasteiger partial charge on any atom is 0.414 e. The van der Waals surface area contributed by atoms with Gasteiger partial charge in [0, 0.05) is 20.6 Å². The lowest BCUT2D eigenvalue weighted by molar-refractivity contribution is 0.172. The van der Waals surface area contributed by atoms with E-state index in [2.05, 4.69) is 10.8 Å². The average Bonchev–Trinajstić information content (AvgIpc) is 2.44. The van der Waals surface area contributed by atoms with Crippen LogP contribution in [0.25, 0.3) is 0 Å². The number of ether oxygens (including phenoxy) is 1. The third-order valence-corrected chi connectivity index (χ3v) is 3.12. The van der Waals surface area contributed by atoms with Gasteiger partial charge in [0.15, 0.2) is 0 Å². The van der Waals surface area contributed by atoms with E-state index < -0.39 is 0 Å². The molecule has 0 bridgehead atoms. The van der Waals surface area contributed by atoms with Crippen molar-refractivity contribution in [3.8, 4) is 18.1 Å². The second kappa shape index (κ2) is 7.56. The highest BCUT2D eigenvalue weighted by Gasteiger charge is 2.08. The summed E-state index contributed by atoms with van der Waals surface area (Å²) in [5.41, 5.74) is 1.12. The number of terminal acetylenes is 1. The van der Waals surface area contributed by atoms with Crippen molar-refractivity contribution in [2.24, 2.45) is 0 Å². The molecule has 0 saturated carbocycles. The second-order valence-corrected chi connectivity index (χ2v) is 4.98. The van der Waals surface area contributed by atoms with Crippen LogP contribution in [0.2, 0.25) is 0 Å². The van der Waals surface area contributed by atoms with Gasteiger partial charge in [-0.1, -0.05) is 18.1 Å². The summed E-state index contributed by atoms with van der Waals surface area (Å²) < 4.78 is 5.23. The average molecular weight is 274 g/mol. The quantitative estimate of drug-likeness (QED) is 0.772. The van der Waals surface area contributed by atoms with E-state index in [9.17, 15) is 4.79 Å². The fourth-order valence-corrected chi connectivity index (χ4v) is 1.58. The Morgan fingerprint density at radius 1 is 1.40 bits per heavy atom. The summed E-state index contributed by atoms with van der Waals surface area (Å²) in [6.07, 6.45) is 5.88. The molecular formula is C16H22N2O2. The van der Waals surface area contributed by atoms with Gasteiger partial charge in [-0.15, -0.1) is 6.42 Å². The third-order valence-electron chi connectivity index (χ3n) is 3.12. The largest absolute Gasteiger partial charge is 0.414 e. The maximum atomic E-state index is 11.5. The van der Waals surface area contributed by atoms with Crippen LogP contribution in [0.3, 0.4) is 0 Å². The first-order chi connectivity index (χ1) is 9.43. The van der Waals surface area contributed by atoms with Crippen molar-refractivity contribution >= 4 is 6.09 Å². The van der Waals surface area contributed by atoms with Crippen LogP contribution in [0.1, 0.15) is 12.5 Å². The molecular weight excluding hydrogens is 252 g/mol. The van der Waals surface area contributed by atoms with Gasteiger partial charge in [-0.05, 0) is 38.1 Å². The molecule has 1 atom stereocenters. The fraction of sp³-hybridized carbons (Fsp3) is 0.438. The number of likely N-dealkylation sites (N-methyl/N-ethyl adjacent to an activating group) is 1. The van der Waals surface area contributed by atoms with Gasteiger partial charge in [-0.2, -0.15) is 0 Å². The number of nitrogens with zero attached hydrogens (tertiary/aromatic N) is 2. The Kier molecular flexibility index (Phi) is 6.08. The van der Waals surface area contributed by atoms with E-state index in [0.717, 1.165) is 18.5 Å². The van der Waals surface area contributed by atoms with E-state index >= 15 is 0 Å². The van der Waals surface area contributed by atoms with E-state index in [0.29, 0.717) is 5.75 Å². The van der Waals surface area contributed by atoms with Gasteiger partial charge in [0.25, 0.3) is 0 Å². The standard InChI is InChI=1S/C16H22N2O2/c1-6-13(2)18(5)11-10-14-8-7-9-15(12-14)20-16(19)17(3)4/h1,7-9,12-13H,10-11H2,2-5H3. The molecule has 1 unspecified atom stereocenters. The van der Waals surface area contributed by atoms with Crippen LogP contribution >= 0.6 is 0 Å². The fourth-order valence-electron chi connectivity index (χ4n) is 1.58. The van der Waals surface area contributed by atoms with Crippen LogP contribution in [-0.2, 0) is 6.42 Å². The van der Waals surface area contributed by atoms with Gasteiger partial charge in [0.1, 0.15) is 5.75 Å². The number of carbonyl (C=O) groups excluding carboxylic acids is 1. The molecule has 108 valence electrons. The molecule has 0 heterocycles. The Balaban J connectivity index is 2.60. The van der Waals surface area contributed by atoms with Gasteiger partial charge in [-0.3, -0.25) is 4.90 Å². The lowest BCUT2D eigenvalue weighted by Gasteiger charge is -2.20. The third kappa shape index (κ3) is 4.94. The zero-order valence-corrected chi connectivity index (χ0v) is 12.6. The summed E-state index contributed by atoms with van der Waals surface area (Å²) in [7, 11) is 5.31. The molecule has 4 heteroatoms. The molecule has 0 aliphatic heterocycles. The van der Waals surface area contributed by atoms with Crippen molar-refractivity contribution in [3.05, 3.63) is 29.8 Å². The van der Waals surface area contributed by atoms with Crippen molar-refractivity contribution in [1.82, 2.24) is 9.80 Å². The van der Waals surface area contributed by atoms with Crippen LogP contribution in [0.15, 0.2) is 24.3 Å². The summed E-state index contributed by atoms with van der Waals surface area (Å²) in [6, 6.07) is 7.68. The lowest BCUT2D eigenvalue weighted by atomic mass is 10.1. The Bertz CT molecular complexity index is 491. The molecule has 0 saturated heterocycles. The van der Waals surface area contributed by atoms with Gasteiger partial charge >= 0.3 is 6.09 Å². The highest BCUT2D eigenvalue weighted by Crippen LogP contribution is 2.15. The van der Waals surface area contributed by atoms with Crippen molar-refractivity contribution in [3.63, 3.8) is 0 Å². The van der Waals surface area contributed by atoms with Crippen molar-refractivity contribution in [2.75, 3.05) is 27.7 Å². The molecule has 20 heavy (non-hydrogen) atoms. The molecule has 0 spiro atoms. The number of carbonyl (C=O) groups is 1. The molecule has 0 radical (unpaired) electrons. The number of benzene rings is 1. The van der Waals surface area contributed by atoms with Crippen LogP contribution in [-0.4, -0.2) is 49.6 Å². The molecule has 1 aromatic carbocycles. The first-order valence-corrected chi connectivity index (χ1v) is 6.58. The summed E-state index contributed by atoms with van der Waals surface area (Å²) in [4.78, 5) is 15.0. The van der Waals surface area contributed by atoms with Crippen LogP contribution in [0, 0.1) is 12.3 Å². The maximum absolute atomic E-state index is 11.5. The summed E-state index contributed by atoms with van der Waals surface area (Å²) in [6.45, 7) is 2.85. The van der Waals surface area contributed by atoms with Crippen molar-refractivity contribution < 1.29 is 9.53 Å². The zero-order chi connectivity index (χ0) is 15.1. The van der Waals surface area contributed by atoms with E-state index in [1.54, 1.807) is 20.2 Å². The molecule has 1 aromatic rings. The molecule has 0 N–H and O–H groups in total. The van der Waals surface area contributed by atoms with Crippen molar-refractivity contribution in [1.29, 1.82) is 0 Å². The van der Waals surface area contributed by atoms with Gasteiger partial charge < -0.3 is 9.64 Å². The summed E-state index contributed by atoms with van der Waals surface area (Å²) >= 11 is 0. The Morgan fingerprint density at radius 2 is 2.10 bits per heavy atom. The predicted octanol–water partition coefficient (Wildman–Crippen LogP) is 2.24. The Labute approximate surface area is 121 Å². The van der Waals surface area contributed by atoms with Crippen molar-refractivity contribution in [2.45, 2.75) is 19.4 Å². The van der Waals surface area contributed by atoms with Crippen LogP contribution in [0.5, 0.6) is 5.75 Å². The normalized spacial score (nSPS) is 11.8.